The summed E-state index contributed by atoms with van der Waals surface area (Å²) in [7, 11) is 0. The topological polar surface area (TPSA) is 84.2 Å². The van der Waals surface area contributed by atoms with E-state index in [0.29, 0.717) is 22.8 Å². The second-order valence-corrected chi connectivity index (χ2v) is 5.12. The van der Waals surface area contributed by atoms with Crippen LogP contribution in [0.5, 0.6) is 0 Å². The zero-order valence-corrected chi connectivity index (χ0v) is 12.6. The molecule has 5 nitrogen and oxygen atoms in total. The molecule has 1 rings (SSSR count). The van der Waals surface area contributed by atoms with E-state index in [1.807, 2.05) is 6.92 Å². The van der Waals surface area contributed by atoms with Crippen molar-refractivity contribution in [1.29, 1.82) is 0 Å². The first-order valence-corrected chi connectivity index (χ1v) is 6.88. The average Bonchev–Trinajstić information content (AvgIpc) is 2.39. The molecule has 0 heterocycles. The maximum absolute atomic E-state index is 12.0. The summed E-state index contributed by atoms with van der Waals surface area (Å²) in [6.07, 6.45) is 0. The van der Waals surface area contributed by atoms with Gasteiger partial charge < -0.3 is 16.4 Å². The number of anilines is 1. The number of carbonyl (C=O) groups excluding carboxylic acids is 2. The lowest BCUT2D eigenvalue weighted by Crippen LogP contribution is -2.35. The van der Waals surface area contributed by atoms with Gasteiger partial charge in [0.05, 0.1) is 17.2 Å². The fourth-order valence-corrected chi connectivity index (χ4v) is 1.73. The number of carbonyl (C=O) groups is 2. The summed E-state index contributed by atoms with van der Waals surface area (Å²) < 4.78 is 0. The van der Waals surface area contributed by atoms with Gasteiger partial charge in [0.2, 0.25) is 5.91 Å². The predicted octanol–water partition coefficient (Wildman–Crippen LogP) is 2.01. The number of halogens is 1. The summed E-state index contributed by atoms with van der Waals surface area (Å²) in [5.41, 5.74) is 6.47. The molecule has 2 unspecified atom stereocenters. The Hall–Kier alpha value is -1.59. The van der Waals surface area contributed by atoms with Gasteiger partial charge in [0, 0.05) is 17.6 Å². The van der Waals surface area contributed by atoms with Crippen LogP contribution in [-0.4, -0.2) is 24.4 Å². The molecular formula is C14H20ClN3O2. The molecule has 4 N–H and O–H groups in total. The van der Waals surface area contributed by atoms with Crippen LogP contribution in [0.2, 0.25) is 5.02 Å². The Labute approximate surface area is 123 Å². The van der Waals surface area contributed by atoms with Crippen LogP contribution >= 0.6 is 11.6 Å². The molecule has 0 saturated heterocycles. The number of nitrogens with two attached hydrogens (primary N) is 1. The normalized spacial score (nSPS) is 13.4. The summed E-state index contributed by atoms with van der Waals surface area (Å²) in [6, 6.07) is 4.49. The van der Waals surface area contributed by atoms with Crippen LogP contribution < -0.4 is 16.4 Å². The van der Waals surface area contributed by atoms with E-state index in [1.165, 1.54) is 6.07 Å². The Kier molecular flexibility index (Phi) is 5.98. The molecule has 1 aromatic rings. The molecule has 0 aliphatic rings. The first-order chi connectivity index (χ1) is 9.36. The van der Waals surface area contributed by atoms with E-state index in [9.17, 15) is 9.59 Å². The Morgan fingerprint density at radius 2 is 2.00 bits per heavy atom. The van der Waals surface area contributed by atoms with Crippen LogP contribution in [0.15, 0.2) is 18.2 Å². The second-order valence-electron chi connectivity index (χ2n) is 4.69. The summed E-state index contributed by atoms with van der Waals surface area (Å²) in [5, 5.41) is 5.84. The summed E-state index contributed by atoms with van der Waals surface area (Å²) in [5.74, 6) is -0.862. The molecule has 0 radical (unpaired) electrons. The number of amides is 2. The van der Waals surface area contributed by atoms with Crippen LogP contribution in [0, 0.1) is 5.92 Å². The van der Waals surface area contributed by atoms with E-state index in [4.69, 9.17) is 17.3 Å². The van der Waals surface area contributed by atoms with Crippen molar-refractivity contribution in [3.05, 3.63) is 28.8 Å². The summed E-state index contributed by atoms with van der Waals surface area (Å²) >= 11 is 5.90. The Morgan fingerprint density at radius 3 is 2.55 bits per heavy atom. The van der Waals surface area contributed by atoms with Crippen LogP contribution in [0.1, 0.15) is 31.1 Å². The van der Waals surface area contributed by atoms with Crippen molar-refractivity contribution in [2.75, 3.05) is 11.9 Å². The van der Waals surface area contributed by atoms with Crippen LogP contribution in [-0.2, 0) is 4.79 Å². The van der Waals surface area contributed by atoms with Crippen molar-refractivity contribution in [3.8, 4) is 0 Å². The van der Waals surface area contributed by atoms with Crippen LogP contribution in [0.4, 0.5) is 5.69 Å². The minimum atomic E-state index is -0.354. The molecule has 0 bridgehead atoms. The molecule has 0 aromatic heterocycles. The monoisotopic (exact) mass is 297 g/mol. The fourth-order valence-electron chi connectivity index (χ4n) is 1.55. The van der Waals surface area contributed by atoms with Gasteiger partial charge in [-0.1, -0.05) is 18.5 Å². The van der Waals surface area contributed by atoms with Crippen LogP contribution in [0.3, 0.4) is 0 Å². The minimum absolute atomic E-state index is 0.229. The molecule has 2 amide bonds. The first kappa shape index (κ1) is 16.5. The Morgan fingerprint density at radius 1 is 1.35 bits per heavy atom. The van der Waals surface area contributed by atoms with Gasteiger partial charge in [-0.15, -0.1) is 0 Å². The van der Waals surface area contributed by atoms with E-state index in [-0.39, 0.29) is 23.8 Å². The Bertz CT molecular complexity index is 503. The quantitative estimate of drug-likeness (QED) is 0.777. The average molecular weight is 298 g/mol. The number of benzene rings is 1. The number of hydrogen-bond acceptors (Lipinski definition) is 3. The molecule has 6 heteroatoms. The van der Waals surface area contributed by atoms with Gasteiger partial charge in [-0.05, 0) is 32.0 Å². The number of rotatable bonds is 5. The van der Waals surface area contributed by atoms with E-state index >= 15 is 0 Å². The summed E-state index contributed by atoms with van der Waals surface area (Å²) in [4.78, 5) is 24.0. The van der Waals surface area contributed by atoms with E-state index in [2.05, 4.69) is 10.6 Å². The van der Waals surface area contributed by atoms with Gasteiger partial charge in [0.15, 0.2) is 0 Å². The minimum Gasteiger partial charge on any atom is -0.352 e. The van der Waals surface area contributed by atoms with Crippen LogP contribution in [0.25, 0.3) is 0 Å². The zero-order chi connectivity index (χ0) is 15.3. The van der Waals surface area contributed by atoms with Crippen molar-refractivity contribution in [2.24, 2.45) is 11.7 Å². The molecular weight excluding hydrogens is 278 g/mol. The third-order valence-corrected chi connectivity index (χ3v) is 3.26. The van der Waals surface area contributed by atoms with Gasteiger partial charge in [-0.2, -0.15) is 0 Å². The highest BCUT2D eigenvalue weighted by Crippen LogP contribution is 2.21. The van der Waals surface area contributed by atoms with Gasteiger partial charge in [0.1, 0.15) is 0 Å². The largest absolute Gasteiger partial charge is 0.352 e. The van der Waals surface area contributed by atoms with Crippen molar-refractivity contribution in [1.82, 2.24) is 5.32 Å². The lowest BCUT2D eigenvalue weighted by atomic mass is 10.0. The molecule has 0 spiro atoms. The molecule has 0 saturated carbocycles. The smallest absolute Gasteiger partial charge is 0.253 e. The van der Waals surface area contributed by atoms with Crippen molar-refractivity contribution in [3.63, 3.8) is 0 Å². The van der Waals surface area contributed by atoms with Gasteiger partial charge in [-0.3, -0.25) is 9.59 Å². The number of hydrogen-bond donors (Lipinski definition) is 3. The lowest BCUT2D eigenvalue weighted by molar-refractivity contribution is -0.119. The first-order valence-electron chi connectivity index (χ1n) is 6.51. The van der Waals surface area contributed by atoms with E-state index < -0.39 is 0 Å². The second kappa shape index (κ2) is 7.26. The molecule has 1 aromatic carbocycles. The highest BCUT2D eigenvalue weighted by atomic mass is 35.5. The van der Waals surface area contributed by atoms with Gasteiger partial charge >= 0.3 is 0 Å². The third-order valence-electron chi connectivity index (χ3n) is 3.02. The molecule has 2 atom stereocenters. The zero-order valence-electron chi connectivity index (χ0n) is 11.9. The van der Waals surface area contributed by atoms with Gasteiger partial charge in [-0.25, -0.2) is 0 Å². The highest BCUT2D eigenvalue weighted by molar-refractivity contribution is 6.31. The number of nitrogens with one attached hydrogen (secondary N) is 2. The van der Waals surface area contributed by atoms with Crippen molar-refractivity contribution in [2.45, 2.75) is 26.8 Å². The van der Waals surface area contributed by atoms with E-state index in [1.54, 1.807) is 26.0 Å². The van der Waals surface area contributed by atoms with E-state index in [0.717, 1.165) is 0 Å². The molecule has 0 aliphatic heterocycles. The summed E-state index contributed by atoms with van der Waals surface area (Å²) in [6.45, 7) is 5.81. The molecule has 0 fully saturated rings. The highest BCUT2D eigenvalue weighted by Gasteiger charge is 2.19. The van der Waals surface area contributed by atoms with Crippen molar-refractivity contribution >= 4 is 29.1 Å². The SMILES string of the molecule is CCNC(=O)c1cc(Cl)ccc1NC(=O)C(C)C(C)N. The molecule has 0 aliphatic carbocycles. The van der Waals surface area contributed by atoms with Gasteiger partial charge in [0.25, 0.3) is 5.91 Å². The molecule has 20 heavy (non-hydrogen) atoms. The predicted molar refractivity (Wildman–Crippen MR) is 80.9 cm³/mol. The van der Waals surface area contributed by atoms with Crippen molar-refractivity contribution < 1.29 is 9.59 Å². The Balaban J connectivity index is 3.00. The fraction of sp³-hybridized carbons (Fsp3) is 0.429. The third kappa shape index (κ3) is 4.21. The standard InChI is InChI=1S/C14H20ClN3O2/c1-4-17-14(20)11-7-10(15)5-6-12(11)18-13(19)8(2)9(3)16/h5-9H,4,16H2,1-3H3,(H,17,20)(H,18,19). The maximum atomic E-state index is 12.0. The molecule has 110 valence electrons. The lowest BCUT2D eigenvalue weighted by Gasteiger charge is -2.17. The maximum Gasteiger partial charge on any atom is 0.253 e.